The van der Waals surface area contributed by atoms with Crippen LogP contribution in [0.15, 0.2) is 156 Å². The minimum Gasteiger partial charge on any atom is -0.456 e. The maximum Gasteiger partial charge on any atom is 0.235 e. The Hall–Kier alpha value is -6.82. The van der Waals surface area contributed by atoms with Gasteiger partial charge < -0.3 is 4.42 Å². The van der Waals surface area contributed by atoms with E-state index in [1.165, 1.54) is 52.5 Å². The Bertz CT molecular complexity index is 3700. The van der Waals surface area contributed by atoms with E-state index in [-0.39, 0.29) is 0 Å². The van der Waals surface area contributed by atoms with Crippen LogP contribution in [0, 0.1) is 0 Å². The van der Waals surface area contributed by atoms with Crippen molar-refractivity contribution in [2.45, 2.75) is 0 Å². The second kappa shape index (κ2) is 9.94. The first kappa shape index (κ1) is 27.8. The van der Waals surface area contributed by atoms with Crippen LogP contribution < -0.4 is 0 Å². The molecular formula is C48H25N3OS. The van der Waals surface area contributed by atoms with Crippen molar-refractivity contribution in [3.63, 3.8) is 0 Å². The van der Waals surface area contributed by atoms with E-state index in [0.29, 0.717) is 5.95 Å². The van der Waals surface area contributed by atoms with E-state index in [1.54, 1.807) is 0 Å². The topological polar surface area (TPSA) is 43.9 Å². The Labute approximate surface area is 305 Å². The smallest absolute Gasteiger partial charge is 0.235 e. The van der Waals surface area contributed by atoms with E-state index < -0.39 is 0 Å². The first-order valence-electron chi connectivity index (χ1n) is 17.9. The third-order valence-corrected chi connectivity index (χ3v) is 12.5. The van der Waals surface area contributed by atoms with Crippen molar-refractivity contribution in [1.82, 2.24) is 14.5 Å². The molecule has 0 saturated heterocycles. The Morgan fingerprint density at radius 3 is 2.02 bits per heavy atom. The van der Waals surface area contributed by atoms with Crippen LogP contribution in [0.4, 0.5) is 0 Å². The molecule has 0 aliphatic heterocycles. The summed E-state index contributed by atoms with van der Waals surface area (Å²) in [7, 11) is 0. The van der Waals surface area contributed by atoms with Gasteiger partial charge in [0.2, 0.25) is 5.95 Å². The Morgan fingerprint density at radius 1 is 0.434 bits per heavy atom. The van der Waals surface area contributed by atoms with E-state index >= 15 is 0 Å². The summed E-state index contributed by atoms with van der Waals surface area (Å²) >= 11 is 1.87. The second-order valence-electron chi connectivity index (χ2n) is 14.1. The molecular weight excluding hydrogens is 667 g/mol. The monoisotopic (exact) mass is 691 g/mol. The largest absolute Gasteiger partial charge is 0.456 e. The average Bonchev–Trinajstić information content (AvgIpc) is 3.89. The summed E-state index contributed by atoms with van der Waals surface area (Å²) < 4.78 is 11.1. The fraction of sp³-hybridized carbons (Fsp3) is 0. The van der Waals surface area contributed by atoms with Crippen molar-refractivity contribution in [3.05, 3.63) is 152 Å². The summed E-state index contributed by atoms with van der Waals surface area (Å²) in [6, 6.07) is 54.5. The molecule has 0 aliphatic rings. The van der Waals surface area contributed by atoms with Gasteiger partial charge in [-0.2, -0.15) is 0 Å². The van der Waals surface area contributed by atoms with Crippen molar-refractivity contribution in [3.8, 4) is 17.2 Å². The third-order valence-electron chi connectivity index (χ3n) is 11.4. The zero-order chi connectivity index (χ0) is 34.4. The minimum absolute atomic E-state index is 0.657. The maximum atomic E-state index is 6.24. The highest BCUT2D eigenvalue weighted by molar-refractivity contribution is 7.26. The van der Waals surface area contributed by atoms with Gasteiger partial charge in [-0.3, -0.25) is 4.57 Å². The summed E-state index contributed by atoms with van der Waals surface area (Å²) in [5.41, 5.74) is 6.81. The molecule has 53 heavy (non-hydrogen) atoms. The molecule has 0 atom stereocenters. The predicted octanol–water partition coefficient (Wildman–Crippen LogP) is 13.6. The van der Waals surface area contributed by atoms with Gasteiger partial charge in [0.05, 0.1) is 22.2 Å². The van der Waals surface area contributed by atoms with Crippen LogP contribution in [0.5, 0.6) is 0 Å². The van der Waals surface area contributed by atoms with Crippen LogP contribution in [-0.4, -0.2) is 14.5 Å². The van der Waals surface area contributed by atoms with E-state index in [0.717, 1.165) is 65.9 Å². The van der Waals surface area contributed by atoms with Crippen LogP contribution in [0.25, 0.3) is 124 Å². The molecule has 244 valence electrons. The highest BCUT2D eigenvalue weighted by Gasteiger charge is 2.24. The first-order valence-corrected chi connectivity index (χ1v) is 18.7. The molecule has 13 aromatic rings. The summed E-state index contributed by atoms with van der Waals surface area (Å²) in [5.74, 6) is 0.657. The van der Waals surface area contributed by atoms with Crippen LogP contribution in [0.3, 0.4) is 0 Å². The predicted molar refractivity (Wildman–Crippen MR) is 223 cm³/mol. The quantitative estimate of drug-likeness (QED) is 0.170. The lowest BCUT2D eigenvalue weighted by atomic mass is 9.95. The summed E-state index contributed by atoms with van der Waals surface area (Å²) in [5, 5.41) is 15.6. The molecule has 13 rings (SSSR count). The molecule has 4 heterocycles. The molecule has 0 amide bonds. The molecule has 5 heteroatoms. The molecule has 0 N–H and O–H groups in total. The highest BCUT2D eigenvalue weighted by atomic mass is 32.1. The molecule has 4 nitrogen and oxygen atoms in total. The lowest BCUT2D eigenvalue weighted by Gasteiger charge is -2.13. The van der Waals surface area contributed by atoms with Crippen molar-refractivity contribution in [1.29, 1.82) is 0 Å². The molecule has 0 bridgehead atoms. The van der Waals surface area contributed by atoms with Crippen molar-refractivity contribution < 1.29 is 4.42 Å². The van der Waals surface area contributed by atoms with Gasteiger partial charge in [0, 0.05) is 58.1 Å². The Balaban J connectivity index is 1.23. The number of hydrogen-bond acceptors (Lipinski definition) is 4. The van der Waals surface area contributed by atoms with Gasteiger partial charge in [-0.15, -0.1) is 11.3 Å². The fourth-order valence-electron chi connectivity index (χ4n) is 9.12. The fourth-order valence-corrected chi connectivity index (χ4v) is 10.3. The molecule has 9 aromatic carbocycles. The number of aromatic nitrogens is 3. The Kier molecular flexibility index (Phi) is 5.22. The zero-order valence-corrected chi connectivity index (χ0v) is 28.9. The molecule has 0 saturated carbocycles. The first-order chi connectivity index (χ1) is 26.3. The van der Waals surface area contributed by atoms with Crippen LogP contribution >= 0.6 is 11.3 Å². The molecule has 0 radical (unpaired) electrons. The number of rotatable bonds is 2. The molecule has 0 spiro atoms. The SMILES string of the molecule is c1ccc2c(c1)ccc1c(-c3ccc4oc5ccccc5c4c3)nc(-n3c4cccc5c6ccccc6c6cccc7sc8ccc3c(c8c76)c54)nc12. The number of hydrogen-bond donors (Lipinski definition) is 0. The van der Waals surface area contributed by atoms with E-state index in [2.05, 4.69) is 144 Å². The van der Waals surface area contributed by atoms with E-state index in [9.17, 15) is 0 Å². The number of nitrogens with zero attached hydrogens (tertiary/aromatic N) is 3. The van der Waals surface area contributed by atoms with Crippen molar-refractivity contribution in [2.24, 2.45) is 0 Å². The number of thiophene rings is 1. The molecule has 0 fully saturated rings. The van der Waals surface area contributed by atoms with Gasteiger partial charge in [0.1, 0.15) is 11.2 Å². The number of fused-ring (bicyclic) bond motifs is 9. The number of benzene rings is 8. The second-order valence-corrected chi connectivity index (χ2v) is 15.1. The van der Waals surface area contributed by atoms with Crippen LogP contribution in [-0.2, 0) is 0 Å². The van der Waals surface area contributed by atoms with Gasteiger partial charge in [0.25, 0.3) is 0 Å². The van der Waals surface area contributed by atoms with Gasteiger partial charge in [-0.1, -0.05) is 97.1 Å². The highest BCUT2D eigenvalue weighted by Crippen LogP contribution is 2.48. The summed E-state index contributed by atoms with van der Waals surface area (Å²) in [6.07, 6.45) is 0. The summed E-state index contributed by atoms with van der Waals surface area (Å²) in [4.78, 5) is 11.1. The standard InChI is InChI=1S/C48H25N3OS/c1-2-10-28-26(9-1)19-21-34-46(27-20-23-39-35(25-27)31-13-5-6-17-38(31)52-39)49-48(50-47(28)34)51-36-16-7-14-32-29-11-3-4-12-30(29)33-15-8-18-40-43(33)45-41(53-40)24-22-37(51)44(45)42(32)36/h1-25H. The molecule has 0 unspecified atom stereocenters. The maximum absolute atomic E-state index is 6.24. The normalized spacial score (nSPS) is 12.5. The van der Waals surface area contributed by atoms with Crippen molar-refractivity contribution >= 4 is 118 Å². The lowest BCUT2D eigenvalue weighted by Crippen LogP contribution is -2.03. The van der Waals surface area contributed by atoms with E-state index in [4.69, 9.17) is 14.4 Å². The number of furan rings is 1. The van der Waals surface area contributed by atoms with Crippen LogP contribution in [0.2, 0.25) is 0 Å². The minimum atomic E-state index is 0.657. The van der Waals surface area contributed by atoms with Gasteiger partial charge >= 0.3 is 0 Å². The summed E-state index contributed by atoms with van der Waals surface area (Å²) in [6.45, 7) is 0. The third kappa shape index (κ3) is 3.59. The van der Waals surface area contributed by atoms with Crippen molar-refractivity contribution in [2.75, 3.05) is 0 Å². The molecule has 0 aliphatic carbocycles. The zero-order valence-electron chi connectivity index (χ0n) is 28.1. The van der Waals surface area contributed by atoms with Gasteiger partial charge in [-0.05, 0) is 81.5 Å². The number of para-hydroxylation sites is 1. The Morgan fingerprint density at radius 2 is 1.13 bits per heavy atom. The van der Waals surface area contributed by atoms with Gasteiger partial charge in [0.15, 0.2) is 0 Å². The molecule has 4 aromatic heterocycles. The van der Waals surface area contributed by atoms with Crippen LogP contribution in [0.1, 0.15) is 0 Å². The average molecular weight is 692 g/mol. The van der Waals surface area contributed by atoms with Gasteiger partial charge in [-0.25, -0.2) is 9.97 Å². The van der Waals surface area contributed by atoms with E-state index in [1.807, 2.05) is 23.5 Å². The lowest BCUT2D eigenvalue weighted by molar-refractivity contribution is 0.669.